The summed E-state index contributed by atoms with van der Waals surface area (Å²) in [7, 11) is 0. The maximum atomic E-state index is 3.94. The molecule has 0 radical (unpaired) electrons. The van der Waals surface area contributed by atoms with E-state index in [9.17, 15) is 0 Å². The van der Waals surface area contributed by atoms with E-state index in [0.29, 0.717) is 0 Å². The van der Waals surface area contributed by atoms with E-state index < -0.39 is 0 Å². The van der Waals surface area contributed by atoms with E-state index in [2.05, 4.69) is 50.1 Å². The van der Waals surface area contributed by atoms with Crippen molar-refractivity contribution in [1.29, 1.82) is 0 Å². The number of rotatable bonds is 5. The topological polar surface area (TPSA) is 51.6 Å². The molecule has 0 aliphatic rings. The summed E-state index contributed by atoms with van der Waals surface area (Å²) in [5.41, 5.74) is 0.978. The van der Waals surface area contributed by atoms with Gasteiger partial charge in [-0.25, -0.2) is 0 Å². The van der Waals surface area contributed by atoms with Gasteiger partial charge in [-0.15, -0.1) is 82.1 Å². The Morgan fingerprint density at radius 3 is 2.12 bits per heavy atom. The van der Waals surface area contributed by atoms with Crippen LogP contribution in [0.4, 0.5) is 0 Å². The van der Waals surface area contributed by atoms with Crippen molar-refractivity contribution < 1.29 is 0 Å². The zero-order chi connectivity index (χ0) is 9.52. The molecule has 0 fully saturated rings. The molecule has 1 rings (SSSR count). The molecule has 1 heterocycles. The highest BCUT2D eigenvalue weighted by Gasteiger charge is 2.02. The molecule has 0 N–H and O–H groups in total. The highest BCUT2D eigenvalue weighted by atomic mass is 127. The molecule has 0 aromatic carbocycles. The summed E-state index contributed by atoms with van der Waals surface area (Å²) >= 11 is 2.15. The number of aromatic nitrogens is 4. The van der Waals surface area contributed by atoms with Crippen LogP contribution in [-0.2, 0) is 6.42 Å². The van der Waals surface area contributed by atoms with Crippen LogP contribution in [0.1, 0.15) is 38.3 Å². The highest BCUT2D eigenvalue weighted by molar-refractivity contribution is 14.1. The summed E-state index contributed by atoms with van der Waals surface area (Å²) in [6.45, 7) is 2.21. The maximum absolute atomic E-state index is 3.94. The number of hydrogen-bond donors (Lipinski definition) is 0. The quantitative estimate of drug-likeness (QED) is 0.352. The van der Waals surface area contributed by atoms with E-state index in [1.807, 2.05) is 0 Å². The second kappa shape index (κ2) is 14.9. The Morgan fingerprint density at radius 1 is 0.938 bits per heavy atom. The van der Waals surface area contributed by atoms with Crippen molar-refractivity contribution in [3.05, 3.63) is 9.39 Å². The maximum Gasteiger partial charge on any atom is 0.149 e. The monoisotopic (exact) mass is 676 g/mol. The largest absolute Gasteiger partial charge is 0.149 e. The first-order valence-corrected chi connectivity index (χ1v) is 5.63. The summed E-state index contributed by atoms with van der Waals surface area (Å²) in [6, 6.07) is 0. The first kappa shape index (κ1) is 23.0. The van der Waals surface area contributed by atoms with Crippen LogP contribution >= 0.6 is 94.5 Å². The molecule has 0 saturated heterocycles. The molecule has 0 aliphatic heterocycles. The molecule has 1 aromatic heterocycles. The van der Waals surface area contributed by atoms with Gasteiger partial charge in [0, 0.05) is 0 Å². The smallest absolute Gasteiger partial charge is 0.131 e. The molecule has 0 amide bonds. The molecular formula is C8H16I4N4. The molecular weight excluding hydrogens is 660 g/mol. The fourth-order valence-electron chi connectivity index (χ4n) is 1.10. The van der Waals surface area contributed by atoms with E-state index in [0.717, 1.165) is 15.8 Å². The Balaban J connectivity index is -0.000000563. The van der Waals surface area contributed by atoms with E-state index in [1.165, 1.54) is 25.7 Å². The molecule has 0 aliphatic carbocycles. The van der Waals surface area contributed by atoms with Crippen LogP contribution in [0.25, 0.3) is 0 Å². The third-order valence-electron chi connectivity index (χ3n) is 1.84. The standard InChI is InChI=1S/C8H13IN4.3HI/c1-2-3-4-5-6-7-8(9)11-13-12-10-7;;;/h2-6H2,1H3;3*1H. The predicted molar refractivity (Wildman–Crippen MR) is 104 cm³/mol. The van der Waals surface area contributed by atoms with Gasteiger partial charge in [-0.05, 0) is 45.9 Å². The van der Waals surface area contributed by atoms with Crippen molar-refractivity contribution in [3.63, 3.8) is 0 Å². The van der Waals surface area contributed by atoms with Gasteiger partial charge < -0.3 is 0 Å². The Bertz CT molecular complexity index is 262. The van der Waals surface area contributed by atoms with Crippen molar-refractivity contribution in [2.75, 3.05) is 0 Å². The zero-order valence-electron chi connectivity index (χ0n) is 8.93. The van der Waals surface area contributed by atoms with Crippen LogP contribution in [-0.4, -0.2) is 20.6 Å². The van der Waals surface area contributed by atoms with Crippen molar-refractivity contribution in [1.82, 2.24) is 20.6 Å². The van der Waals surface area contributed by atoms with E-state index in [1.54, 1.807) is 0 Å². The number of aryl methyl sites for hydroxylation is 1. The average molecular weight is 676 g/mol. The number of halogens is 4. The third-order valence-corrected chi connectivity index (χ3v) is 2.68. The van der Waals surface area contributed by atoms with E-state index in [-0.39, 0.29) is 71.9 Å². The minimum Gasteiger partial charge on any atom is -0.131 e. The van der Waals surface area contributed by atoms with Crippen molar-refractivity contribution in [2.24, 2.45) is 0 Å². The van der Waals surface area contributed by atoms with Gasteiger partial charge in [0.1, 0.15) is 3.70 Å². The van der Waals surface area contributed by atoms with E-state index in [4.69, 9.17) is 0 Å². The normalized spacial score (nSPS) is 8.38. The lowest BCUT2D eigenvalue weighted by molar-refractivity contribution is 0.633. The van der Waals surface area contributed by atoms with Crippen LogP contribution in [0.15, 0.2) is 0 Å². The Labute approximate surface area is 161 Å². The molecule has 16 heavy (non-hydrogen) atoms. The second-order valence-corrected chi connectivity index (χ2v) is 3.95. The zero-order valence-corrected chi connectivity index (χ0v) is 18.1. The van der Waals surface area contributed by atoms with Crippen LogP contribution in [0.2, 0.25) is 0 Å². The lowest BCUT2D eigenvalue weighted by Crippen LogP contribution is -2.02. The lowest BCUT2D eigenvalue weighted by Gasteiger charge is -1.99. The van der Waals surface area contributed by atoms with E-state index >= 15 is 0 Å². The number of unbranched alkanes of at least 4 members (excludes halogenated alkanes) is 3. The SMILES string of the molecule is CCCCCCc1nnnnc1I.I.I.I. The highest BCUT2D eigenvalue weighted by Crippen LogP contribution is 2.08. The van der Waals surface area contributed by atoms with Gasteiger partial charge in [0.05, 0.1) is 5.69 Å². The fraction of sp³-hybridized carbons (Fsp3) is 0.750. The summed E-state index contributed by atoms with van der Waals surface area (Å²) < 4.78 is 0.879. The fourth-order valence-corrected chi connectivity index (χ4v) is 1.58. The lowest BCUT2D eigenvalue weighted by atomic mass is 10.1. The summed E-state index contributed by atoms with van der Waals surface area (Å²) in [5, 5.41) is 14.8. The average Bonchev–Trinajstić information content (AvgIpc) is 2.15. The van der Waals surface area contributed by atoms with Crippen LogP contribution in [0.5, 0.6) is 0 Å². The van der Waals surface area contributed by atoms with Crippen LogP contribution in [0, 0.1) is 3.70 Å². The van der Waals surface area contributed by atoms with Gasteiger partial charge in [0.15, 0.2) is 0 Å². The summed E-state index contributed by atoms with van der Waals surface area (Å²) in [5.74, 6) is 0. The van der Waals surface area contributed by atoms with Crippen molar-refractivity contribution in [3.8, 4) is 0 Å². The second-order valence-electron chi connectivity index (χ2n) is 2.93. The predicted octanol–water partition coefficient (Wildman–Crippen LogP) is 3.85. The number of nitrogens with zero attached hydrogens (tertiary/aromatic N) is 4. The Morgan fingerprint density at radius 2 is 1.56 bits per heavy atom. The van der Waals surface area contributed by atoms with Gasteiger partial charge in [-0.3, -0.25) is 0 Å². The molecule has 0 unspecified atom stereocenters. The molecule has 96 valence electrons. The molecule has 0 bridgehead atoms. The van der Waals surface area contributed by atoms with Crippen LogP contribution in [0.3, 0.4) is 0 Å². The first-order valence-electron chi connectivity index (χ1n) is 4.55. The van der Waals surface area contributed by atoms with Gasteiger partial charge in [0.2, 0.25) is 0 Å². The minimum atomic E-state index is 0. The molecule has 8 heteroatoms. The molecule has 0 spiro atoms. The Hall–Kier alpha value is 1.86. The molecule has 0 saturated carbocycles. The third kappa shape index (κ3) is 9.85. The van der Waals surface area contributed by atoms with Crippen LogP contribution < -0.4 is 0 Å². The van der Waals surface area contributed by atoms with Gasteiger partial charge in [0.25, 0.3) is 0 Å². The molecule has 0 atom stereocenters. The van der Waals surface area contributed by atoms with Crippen molar-refractivity contribution in [2.45, 2.75) is 39.0 Å². The summed E-state index contributed by atoms with van der Waals surface area (Å²) in [6.07, 6.45) is 5.96. The van der Waals surface area contributed by atoms with Gasteiger partial charge >= 0.3 is 0 Å². The Kier molecular flexibility index (Phi) is 21.4. The van der Waals surface area contributed by atoms with Gasteiger partial charge in [-0.2, -0.15) is 0 Å². The molecule has 1 aromatic rings. The minimum absolute atomic E-state index is 0. The molecule has 4 nitrogen and oxygen atoms in total. The summed E-state index contributed by atoms with van der Waals surface area (Å²) in [4.78, 5) is 0. The van der Waals surface area contributed by atoms with Crippen molar-refractivity contribution >= 4 is 94.5 Å². The number of hydrogen-bond acceptors (Lipinski definition) is 4. The first-order chi connectivity index (χ1) is 6.34. The van der Waals surface area contributed by atoms with Gasteiger partial charge in [-0.1, -0.05) is 26.2 Å².